The van der Waals surface area contributed by atoms with Crippen LogP contribution in [0, 0.1) is 0 Å². The summed E-state index contributed by atoms with van der Waals surface area (Å²) < 4.78 is 4.94. The van der Waals surface area contributed by atoms with Crippen LogP contribution in [0.5, 0.6) is 0 Å². The standard InChI is InChI=1S/C51H37N5/c1-3-14-32(15-4-1)49-52-50(33-16-5-2-6-17-33)54-51(53-49)34-26-28-35(29-27-34)55-43-24-11-9-20-41(43)47-45(55)31-30-37-39-22-13-21-38-36-18-7-10-23-42(36)56(48(38)39)44-25-12-8-19-40(44)46(37)47/h1-31,49-54H. The molecule has 2 atom stereocenters. The van der Waals surface area contributed by atoms with Gasteiger partial charge in [-0.1, -0.05) is 152 Å². The number of nitrogens with zero attached hydrogens (tertiary/aromatic N) is 2. The van der Waals surface area contributed by atoms with Gasteiger partial charge in [-0.25, -0.2) is 0 Å². The molecule has 2 aliphatic heterocycles. The zero-order valence-corrected chi connectivity index (χ0v) is 30.5. The van der Waals surface area contributed by atoms with E-state index in [1.807, 2.05) is 0 Å². The Labute approximate surface area is 324 Å². The second kappa shape index (κ2) is 12.4. The quantitative estimate of drug-likeness (QED) is 0.170. The van der Waals surface area contributed by atoms with Crippen LogP contribution in [0.4, 0.5) is 0 Å². The van der Waals surface area contributed by atoms with E-state index in [0.29, 0.717) is 0 Å². The van der Waals surface area contributed by atoms with E-state index in [9.17, 15) is 0 Å². The van der Waals surface area contributed by atoms with Crippen molar-refractivity contribution in [1.82, 2.24) is 25.1 Å². The molecule has 1 fully saturated rings. The van der Waals surface area contributed by atoms with Crippen molar-refractivity contribution in [1.29, 1.82) is 0 Å². The van der Waals surface area contributed by atoms with Gasteiger partial charge in [0.1, 0.15) is 0 Å². The maximum Gasteiger partial charge on any atom is 0.0864 e. The summed E-state index contributed by atoms with van der Waals surface area (Å²) in [6.07, 6.45) is -0.106. The molecule has 2 aliphatic rings. The van der Waals surface area contributed by atoms with Gasteiger partial charge in [0.15, 0.2) is 0 Å². The molecule has 10 aromatic rings. The highest BCUT2D eigenvalue weighted by Gasteiger charge is 2.31. The van der Waals surface area contributed by atoms with Gasteiger partial charge in [0.05, 0.1) is 46.3 Å². The molecular formula is C51H37N5. The highest BCUT2D eigenvalue weighted by atomic mass is 15.4. The Morgan fingerprint density at radius 1 is 0.339 bits per heavy atom. The maximum atomic E-state index is 3.84. The van der Waals surface area contributed by atoms with E-state index in [1.165, 1.54) is 88.2 Å². The van der Waals surface area contributed by atoms with Gasteiger partial charge >= 0.3 is 0 Å². The van der Waals surface area contributed by atoms with E-state index in [2.05, 4.69) is 213 Å². The number of para-hydroxylation sites is 4. The molecule has 2 unspecified atom stereocenters. The fourth-order valence-corrected chi connectivity index (χ4v) is 9.54. The minimum absolute atomic E-state index is 0.0197. The van der Waals surface area contributed by atoms with Crippen molar-refractivity contribution < 1.29 is 0 Å². The molecule has 12 rings (SSSR count). The van der Waals surface area contributed by atoms with Gasteiger partial charge in [-0.05, 0) is 58.7 Å². The zero-order valence-electron chi connectivity index (χ0n) is 30.5. The Morgan fingerprint density at radius 3 is 1.57 bits per heavy atom. The third-order valence-electron chi connectivity index (χ3n) is 12.0. The fraction of sp³-hybridized carbons (Fsp3) is 0.0588. The van der Waals surface area contributed by atoms with Crippen LogP contribution in [0.1, 0.15) is 35.2 Å². The Morgan fingerprint density at radius 2 is 0.875 bits per heavy atom. The second-order valence-electron chi connectivity index (χ2n) is 15.0. The van der Waals surface area contributed by atoms with Gasteiger partial charge in [-0.15, -0.1) is 0 Å². The third kappa shape index (κ3) is 4.66. The number of rotatable bonds is 4. The van der Waals surface area contributed by atoms with Gasteiger partial charge in [0.2, 0.25) is 0 Å². The zero-order chi connectivity index (χ0) is 36.7. The van der Waals surface area contributed by atoms with Crippen LogP contribution in [0.25, 0.3) is 77.2 Å². The summed E-state index contributed by atoms with van der Waals surface area (Å²) in [5.74, 6) is 0. The minimum atomic E-state index is -0.0669. The van der Waals surface area contributed by atoms with Crippen molar-refractivity contribution >= 4 is 43.6 Å². The average Bonchev–Trinajstić information content (AvgIpc) is 3.76. The maximum absolute atomic E-state index is 3.84. The van der Waals surface area contributed by atoms with E-state index in [-0.39, 0.29) is 18.5 Å². The number of nitrogens with one attached hydrogen (secondary N) is 3. The van der Waals surface area contributed by atoms with Crippen molar-refractivity contribution in [3.05, 3.63) is 205 Å². The molecule has 3 N–H and O–H groups in total. The molecule has 0 amide bonds. The van der Waals surface area contributed by atoms with Gasteiger partial charge in [-0.2, -0.15) is 0 Å². The second-order valence-corrected chi connectivity index (χ2v) is 15.0. The number of hydrogen-bond donors (Lipinski definition) is 3. The molecule has 5 nitrogen and oxygen atoms in total. The van der Waals surface area contributed by atoms with Crippen LogP contribution in [-0.4, -0.2) is 9.13 Å². The summed E-state index contributed by atoms with van der Waals surface area (Å²) in [5.41, 5.74) is 15.9. The summed E-state index contributed by atoms with van der Waals surface area (Å²) in [5, 5.41) is 16.6. The molecule has 0 aliphatic carbocycles. The highest BCUT2D eigenvalue weighted by Crippen LogP contribution is 2.51. The summed E-state index contributed by atoms with van der Waals surface area (Å²) in [7, 11) is 0. The lowest BCUT2D eigenvalue weighted by Gasteiger charge is -2.39. The first-order valence-corrected chi connectivity index (χ1v) is 19.5. The van der Waals surface area contributed by atoms with Crippen molar-refractivity contribution in [2.24, 2.45) is 0 Å². The van der Waals surface area contributed by atoms with Gasteiger partial charge in [0.25, 0.3) is 0 Å². The lowest BCUT2D eigenvalue weighted by atomic mass is 9.90. The van der Waals surface area contributed by atoms with Crippen molar-refractivity contribution in [3.8, 4) is 33.6 Å². The number of fused-ring (bicyclic) bond motifs is 12. The molecule has 0 saturated carbocycles. The van der Waals surface area contributed by atoms with Gasteiger partial charge < -0.3 is 9.13 Å². The molecule has 2 aromatic heterocycles. The fourth-order valence-electron chi connectivity index (χ4n) is 9.54. The third-order valence-corrected chi connectivity index (χ3v) is 12.0. The lowest BCUT2D eigenvalue weighted by molar-refractivity contribution is 0.203. The predicted molar refractivity (Wildman–Crippen MR) is 230 cm³/mol. The first kappa shape index (κ1) is 31.6. The van der Waals surface area contributed by atoms with Crippen LogP contribution in [0.3, 0.4) is 0 Å². The molecule has 8 aromatic carbocycles. The van der Waals surface area contributed by atoms with E-state index in [4.69, 9.17) is 0 Å². The number of aromatic nitrogens is 2. The van der Waals surface area contributed by atoms with Crippen LogP contribution in [-0.2, 0) is 0 Å². The summed E-state index contributed by atoms with van der Waals surface area (Å²) in [4.78, 5) is 0. The number of benzene rings is 8. The summed E-state index contributed by atoms with van der Waals surface area (Å²) >= 11 is 0. The Kier molecular flexibility index (Phi) is 6.98. The van der Waals surface area contributed by atoms with Crippen LogP contribution in [0.15, 0.2) is 188 Å². The molecule has 0 spiro atoms. The molecule has 0 radical (unpaired) electrons. The Balaban J connectivity index is 1.02. The topological polar surface area (TPSA) is 46.0 Å². The van der Waals surface area contributed by atoms with Crippen LogP contribution in [0.2, 0.25) is 0 Å². The lowest BCUT2D eigenvalue weighted by Crippen LogP contribution is -2.54. The first-order chi connectivity index (χ1) is 27.8. The molecular weight excluding hydrogens is 683 g/mol. The van der Waals surface area contributed by atoms with Crippen molar-refractivity contribution in [3.63, 3.8) is 0 Å². The molecule has 56 heavy (non-hydrogen) atoms. The van der Waals surface area contributed by atoms with Crippen molar-refractivity contribution in [2.75, 3.05) is 0 Å². The van der Waals surface area contributed by atoms with Crippen LogP contribution >= 0.6 is 0 Å². The minimum Gasteiger partial charge on any atom is -0.309 e. The smallest absolute Gasteiger partial charge is 0.0864 e. The van der Waals surface area contributed by atoms with E-state index >= 15 is 0 Å². The first-order valence-electron chi connectivity index (χ1n) is 19.5. The SMILES string of the molecule is c1ccc(C2NC(c3ccccc3)NC(c3ccc(-n4c5ccccc5c5c6c(ccc54)-c4cccc5c7ccccc7n(c45)-c4ccccc4-6)cc3)N2)cc1. The molecule has 5 heteroatoms. The molecule has 0 bridgehead atoms. The van der Waals surface area contributed by atoms with E-state index in [1.54, 1.807) is 0 Å². The Hall–Kier alpha value is -6.76. The van der Waals surface area contributed by atoms with Crippen molar-refractivity contribution in [2.45, 2.75) is 18.5 Å². The highest BCUT2D eigenvalue weighted by molar-refractivity contribution is 6.23. The molecule has 1 saturated heterocycles. The monoisotopic (exact) mass is 719 g/mol. The molecule has 266 valence electrons. The van der Waals surface area contributed by atoms with E-state index < -0.39 is 0 Å². The average molecular weight is 720 g/mol. The Bertz CT molecular complexity index is 3080. The van der Waals surface area contributed by atoms with Gasteiger partial charge in [0, 0.05) is 43.9 Å². The molecule has 4 heterocycles. The number of hydrogen-bond acceptors (Lipinski definition) is 3. The van der Waals surface area contributed by atoms with Gasteiger partial charge in [-0.3, -0.25) is 16.0 Å². The normalized spacial score (nSPS) is 17.6. The van der Waals surface area contributed by atoms with E-state index in [0.717, 1.165) is 5.69 Å². The van der Waals surface area contributed by atoms with Crippen LogP contribution < -0.4 is 16.0 Å². The summed E-state index contributed by atoms with van der Waals surface area (Å²) in [6, 6.07) is 68.5. The predicted octanol–water partition coefficient (Wildman–Crippen LogP) is 11.7. The summed E-state index contributed by atoms with van der Waals surface area (Å²) in [6.45, 7) is 0. The largest absolute Gasteiger partial charge is 0.309 e.